The van der Waals surface area contributed by atoms with Crippen LogP contribution in [0.15, 0.2) is 27.7 Å². The molecule has 2 atom stereocenters. The monoisotopic (exact) mass is 449 g/mol. The Balaban J connectivity index is 2.11. The number of anilines is 1. The molecule has 1 amide bonds. The zero-order chi connectivity index (χ0) is 20.7. The molecule has 0 fully saturated rings. The van der Waals surface area contributed by atoms with Gasteiger partial charge in [-0.05, 0) is 12.8 Å². The topological polar surface area (TPSA) is 99.6 Å². The lowest BCUT2D eigenvalue weighted by Gasteiger charge is -2.25. The lowest BCUT2D eigenvalue weighted by Crippen LogP contribution is -2.36. The number of allylic oxidation sites excluding steroid dienone is 2. The second kappa shape index (κ2) is 10.5. The normalized spacial score (nSPS) is 18.2. The highest BCUT2D eigenvalue weighted by atomic mass is 35.5. The molecule has 0 saturated carbocycles. The molecule has 1 aromatic rings. The molecule has 8 nitrogen and oxygen atoms in total. The van der Waals surface area contributed by atoms with Crippen LogP contribution in [0, 0.1) is 11.8 Å². The Morgan fingerprint density at radius 1 is 1.11 bits per heavy atom. The van der Waals surface area contributed by atoms with Gasteiger partial charge in [0.05, 0.1) is 31.1 Å². The minimum atomic E-state index is -0.686. The molecule has 0 spiro atoms. The molecule has 152 valence electrons. The summed E-state index contributed by atoms with van der Waals surface area (Å²) in [5, 5.41) is 2.66. The molecule has 0 bridgehead atoms. The summed E-state index contributed by atoms with van der Waals surface area (Å²) >= 11 is 16.8. The summed E-state index contributed by atoms with van der Waals surface area (Å²) < 4.78 is 15.0. The van der Waals surface area contributed by atoms with Crippen LogP contribution < -0.4 is 14.8 Å². The molecule has 2 rings (SSSR count). The van der Waals surface area contributed by atoms with E-state index in [4.69, 9.17) is 49.0 Å². The van der Waals surface area contributed by atoms with Crippen LogP contribution in [0.2, 0.25) is 0 Å². The smallest absolute Gasteiger partial charge is 0.321 e. The summed E-state index contributed by atoms with van der Waals surface area (Å²) in [7, 11) is 2.82. The molecule has 1 aromatic heterocycles. The number of hydrogen-bond acceptors (Lipinski definition) is 7. The fourth-order valence-corrected chi connectivity index (χ4v) is 2.71. The highest BCUT2D eigenvalue weighted by Crippen LogP contribution is 2.29. The van der Waals surface area contributed by atoms with Crippen LogP contribution in [0.4, 0.5) is 5.82 Å². The summed E-state index contributed by atoms with van der Waals surface area (Å²) in [5.41, 5.74) is 0. The van der Waals surface area contributed by atoms with Gasteiger partial charge in [-0.25, -0.2) is 0 Å². The fourth-order valence-electron chi connectivity index (χ4n) is 2.54. The summed E-state index contributed by atoms with van der Waals surface area (Å²) in [6, 6.07) is 1.48. The number of carbonyl (C=O) groups excluding carboxylic acids is 2. The van der Waals surface area contributed by atoms with Gasteiger partial charge in [-0.3, -0.25) is 9.59 Å². The predicted octanol–water partition coefficient (Wildman–Crippen LogP) is 3.44. The number of carbonyl (C=O) groups is 2. The van der Waals surface area contributed by atoms with Crippen LogP contribution in [0.1, 0.15) is 12.8 Å². The fraction of sp³-hybridized carbons (Fsp3) is 0.412. The molecule has 28 heavy (non-hydrogen) atoms. The Kier molecular flexibility index (Phi) is 8.35. The second-order valence-electron chi connectivity index (χ2n) is 5.70. The highest BCUT2D eigenvalue weighted by molar-refractivity contribution is 6.59. The Hall–Kier alpha value is -2.03. The minimum Gasteiger partial charge on any atom is -0.481 e. The number of halogens is 3. The molecule has 0 aliphatic heterocycles. The Bertz CT molecular complexity index is 774. The molecule has 0 aromatic carbocycles. The third-order valence-electron chi connectivity index (χ3n) is 3.94. The summed E-state index contributed by atoms with van der Waals surface area (Å²) in [4.78, 5) is 33.2. The quantitative estimate of drug-likeness (QED) is 0.502. The number of hydrogen-bond donors (Lipinski definition) is 1. The third-order valence-corrected chi connectivity index (χ3v) is 4.89. The summed E-state index contributed by atoms with van der Waals surface area (Å²) in [6.07, 6.45) is 4.37. The van der Waals surface area contributed by atoms with Crippen LogP contribution >= 0.6 is 34.8 Å². The number of amides is 1. The van der Waals surface area contributed by atoms with Gasteiger partial charge in [0, 0.05) is 6.07 Å². The standard InChI is InChI=1S/C17H18Cl3N3O5/c1-26-13-7-12(22-17(23-13)27-2)21-15(24)9-5-3-4-6-10(9)16(25)28-8-11(18)14(19)20/h3-4,7,9-10H,5-6,8H2,1-2H3,(H,21,22,23,24). The van der Waals surface area contributed by atoms with Crippen molar-refractivity contribution in [1.29, 1.82) is 0 Å². The molecule has 2 unspecified atom stereocenters. The van der Waals surface area contributed by atoms with Gasteiger partial charge in [-0.15, -0.1) is 0 Å². The van der Waals surface area contributed by atoms with Crippen LogP contribution in [0.5, 0.6) is 11.9 Å². The van der Waals surface area contributed by atoms with E-state index in [1.165, 1.54) is 20.3 Å². The molecule has 1 aliphatic carbocycles. The molecule has 1 heterocycles. The van der Waals surface area contributed by atoms with Crippen molar-refractivity contribution >= 4 is 52.5 Å². The molecule has 1 aliphatic rings. The zero-order valence-electron chi connectivity index (χ0n) is 15.1. The molecule has 11 heteroatoms. The molecule has 0 radical (unpaired) electrons. The van der Waals surface area contributed by atoms with Gasteiger partial charge in [0.25, 0.3) is 0 Å². The highest BCUT2D eigenvalue weighted by Gasteiger charge is 2.35. The van der Waals surface area contributed by atoms with E-state index in [1.807, 2.05) is 12.2 Å². The van der Waals surface area contributed by atoms with Crippen molar-refractivity contribution in [3.63, 3.8) is 0 Å². The first-order valence-electron chi connectivity index (χ1n) is 8.15. The maximum absolute atomic E-state index is 12.8. The van der Waals surface area contributed by atoms with Gasteiger partial charge in [0.15, 0.2) is 0 Å². The summed E-state index contributed by atoms with van der Waals surface area (Å²) in [5.74, 6) is -1.90. The van der Waals surface area contributed by atoms with E-state index in [0.29, 0.717) is 12.8 Å². The number of nitrogens with zero attached hydrogens (tertiary/aromatic N) is 2. The lowest BCUT2D eigenvalue weighted by atomic mass is 9.82. The Morgan fingerprint density at radius 3 is 2.39 bits per heavy atom. The minimum absolute atomic E-state index is 0.00390. The first-order valence-corrected chi connectivity index (χ1v) is 9.28. The lowest BCUT2D eigenvalue weighted by molar-refractivity contribution is -0.151. The van der Waals surface area contributed by atoms with Gasteiger partial charge in [-0.1, -0.05) is 47.0 Å². The third kappa shape index (κ3) is 5.98. The maximum Gasteiger partial charge on any atom is 0.321 e. The average Bonchev–Trinajstić information content (AvgIpc) is 2.71. The van der Waals surface area contributed by atoms with Crippen LogP contribution in [0.25, 0.3) is 0 Å². The van der Waals surface area contributed by atoms with Gasteiger partial charge in [-0.2, -0.15) is 9.97 Å². The van der Waals surface area contributed by atoms with Crippen molar-refractivity contribution in [3.05, 3.63) is 27.7 Å². The largest absolute Gasteiger partial charge is 0.481 e. The van der Waals surface area contributed by atoms with Crippen molar-refractivity contribution in [2.45, 2.75) is 12.8 Å². The number of ether oxygens (including phenoxy) is 3. The van der Waals surface area contributed by atoms with Gasteiger partial charge in [0.2, 0.25) is 11.8 Å². The first kappa shape index (κ1) is 22.3. The van der Waals surface area contributed by atoms with E-state index in [9.17, 15) is 9.59 Å². The maximum atomic E-state index is 12.8. The SMILES string of the molecule is COc1cc(NC(=O)C2CC=CCC2C(=O)OCC(Cl)=C(Cl)Cl)nc(OC)n1. The van der Waals surface area contributed by atoms with E-state index in [0.717, 1.165) is 0 Å². The van der Waals surface area contributed by atoms with Crippen molar-refractivity contribution in [2.75, 3.05) is 26.1 Å². The molecule has 0 saturated heterocycles. The van der Waals surface area contributed by atoms with Gasteiger partial charge < -0.3 is 19.5 Å². The Labute approximate surface area is 176 Å². The van der Waals surface area contributed by atoms with Crippen molar-refractivity contribution in [2.24, 2.45) is 11.8 Å². The van der Waals surface area contributed by atoms with E-state index in [-0.39, 0.29) is 33.8 Å². The van der Waals surface area contributed by atoms with Crippen molar-refractivity contribution < 1.29 is 23.8 Å². The number of nitrogens with one attached hydrogen (secondary N) is 1. The summed E-state index contributed by atoms with van der Waals surface area (Å²) in [6.45, 7) is -0.266. The van der Waals surface area contributed by atoms with Crippen LogP contribution in [-0.2, 0) is 14.3 Å². The Morgan fingerprint density at radius 2 is 1.79 bits per heavy atom. The van der Waals surface area contributed by atoms with E-state index < -0.39 is 23.7 Å². The zero-order valence-corrected chi connectivity index (χ0v) is 17.3. The second-order valence-corrected chi connectivity index (χ2v) is 7.11. The van der Waals surface area contributed by atoms with Crippen molar-refractivity contribution in [1.82, 2.24) is 9.97 Å². The number of aromatic nitrogens is 2. The molecule has 1 N–H and O–H groups in total. The van der Waals surface area contributed by atoms with Crippen LogP contribution in [0.3, 0.4) is 0 Å². The average molecular weight is 451 g/mol. The van der Waals surface area contributed by atoms with Crippen molar-refractivity contribution in [3.8, 4) is 11.9 Å². The van der Waals surface area contributed by atoms with E-state index in [2.05, 4.69) is 15.3 Å². The van der Waals surface area contributed by atoms with Gasteiger partial charge >= 0.3 is 12.0 Å². The van der Waals surface area contributed by atoms with Crippen LogP contribution in [-0.4, -0.2) is 42.7 Å². The van der Waals surface area contributed by atoms with E-state index in [1.54, 1.807) is 0 Å². The van der Waals surface area contributed by atoms with E-state index >= 15 is 0 Å². The predicted molar refractivity (Wildman–Crippen MR) is 105 cm³/mol. The van der Waals surface area contributed by atoms with Gasteiger partial charge in [0.1, 0.15) is 16.9 Å². The number of rotatable bonds is 7. The first-order chi connectivity index (χ1) is 13.3. The molecular formula is C17H18Cl3N3O5. The number of esters is 1. The number of methoxy groups -OCH3 is 2. The molecular weight excluding hydrogens is 433 g/mol.